The number of benzene rings is 1. The number of terminal acetylenes is 1. The number of fused-ring (bicyclic) bond motifs is 1. The van der Waals surface area contributed by atoms with E-state index in [1.807, 2.05) is 12.1 Å². The molecule has 2 nitrogen and oxygen atoms in total. The van der Waals surface area contributed by atoms with Gasteiger partial charge in [-0.3, -0.25) is 0 Å². The Morgan fingerprint density at radius 2 is 2.18 bits per heavy atom. The lowest BCUT2D eigenvalue weighted by Crippen LogP contribution is -2.39. The topological polar surface area (TPSA) is 21.3 Å². The van der Waals surface area contributed by atoms with Gasteiger partial charge in [0.2, 0.25) is 0 Å². The Morgan fingerprint density at radius 3 is 2.94 bits per heavy atom. The summed E-state index contributed by atoms with van der Waals surface area (Å²) in [4.78, 5) is 0. The summed E-state index contributed by atoms with van der Waals surface area (Å²) in [5.74, 6) is 3.65. The number of para-hydroxylation sites is 1. The molecule has 1 atom stereocenters. The van der Waals surface area contributed by atoms with Crippen LogP contribution in [0.3, 0.4) is 0 Å². The Bertz CT molecular complexity index is 431. The first-order valence-electron chi connectivity index (χ1n) is 6.10. The number of hydrogen-bond donors (Lipinski definition) is 1. The van der Waals surface area contributed by atoms with Crippen molar-refractivity contribution in [2.24, 2.45) is 0 Å². The van der Waals surface area contributed by atoms with E-state index >= 15 is 0 Å². The highest BCUT2D eigenvalue weighted by Crippen LogP contribution is 2.42. The normalized spacial score (nSPS) is 20.4. The first kappa shape index (κ1) is 12.0. The summed E-state index contributed by atoms with van der Waals surface area (Å²) in [6, 6.07) is 8.47. The molecule has 0 fully saturated rings. The van der Waals surface area contributed by atoms with Crippen molar-refractivity contribution in [3.8, 4) is 18.1 Å². The smallest absolute Gasteiger partial charge is 0.125 e. The highest BCUT2D eigenvalue weighted by atomic mass is 16.5. The largest absolute Gasteiger partial charge is 0.486 e. The highest BCUT2D eigenvalue weighted by molar-refractivity contribution is 5.42. The molecule has 0 aromatic heterocycles. The Kier molecular flexibility index (Phi) is 3.40. The number of rotatable bonds is 4. The Morgan fingerprint density at radius 1 is 1.41 bits per heavy atom. The molecule has 17 heavy (non-hydrogen) atoms. The van der Waals surface area contributed by atoms with Crippen molar-refractivity contribution in [1.82, 2.24) is 5.32 Å². The van der Waals surface area contributed by atoms with Crippen LogP contribution < -0.4 is 10.1 Å². The molecule has 0 aliphatic carbocycles. The zero-order valence-corrected chi connectivity index (χ0v) is 10.5. The summed E-state index contributed by atoms with van der Waals surface area (Å²) in [5.41, 5.74) is 1.05. The average molecular weight is 229 g/mol. The van der Waals surface area contributed by atoms with Gasteiger partial charge in [-0.2, -0.15) is 0 Å². The zero-order valence-electron chi connectivity index (χ0n) is 10.5. The van der Waals surface area contributed by atoms with Crippen molar-refractivity contribution < 1.29 is 4.74 Å². The fourth-order valence-corrected chi connectivity index (χ4v) is 2.32. The summed E-state index contributed by atoms with van der Waals surface area (Å²) >= 11 is 0. The molecule has 1 heterocycles. The Labute approximate surface area is 103 Å². The van der Waals surface area contributed by atoms with Crippen LogP contribution in [0.1, 0.15) is 38.3 Å². The standard InChI is InChI=1S/C15H19NO/c1-4-5-8-11-16-14-12-9-6-7-10-13(12)17-15(14,2)3/h1,6-7,9-10,14,16H,5,8,11H2,2-3H3. The molecule has 1 aliphatic rings. The van der Waals surface area contributed by atoms with Crippen molar-refractivity contribution in [2.75, 3.05) is 6.54 Å². The molecule has 1 unspecified atom stereocenters. The van der Waals surface area contributed by atoms with Crippen LogP contribution in [0.25, 0.3) is 0 Å². The van der Waals surface area contributed by atoms with Gasteiger partial charge in [-0.15, -0.1) is 12.3 Å². The highest BCUT2D eigenvalue weighted by Gasteiger charge is 2.40. The van der Waals surface area contributed by atoms with Crippen LogP contribution in [-0.4, -0.2) is 12.1 Å². The molecule has 1 aliphatic heterocycles. The first-order chi connectivity index (χ1) is 8.15. The van der Waals surface area contributed by atoms with Crippen molar-refractivity contribution >= 4 is 0 Å². The van der Waals surface area contributed by atoms with Crippen LogP contribution in [0, 0.1) is 12.3 Å². The van der Waals surface area contributed by atoms with Crippen molar-refractivity contribution in [3.63, 3.8) is 0 Å². The van der Waals surface area contributed by atoms with Crippen LogP contribution in [0.4, 0.5) is 0 Å². The summed E-state index contributed by atoms with van der Waals surface area (Å²) in [7, 11) is 0. The second-order valence-corrected chi connectivity index (χ2v) is 4.94. The predicted octanol–water partition coefficient (Wildman–Crippen LogP) is 2.90. The monoisotopic (exact) mass is 229 g/mol. The molecule has 1 aromatic rings. The van der Waals surface area contributed by atoms with Crippen molar-refractivity contribution in [1.29, 1.82) is 0 Å². The fourth-order valence-electron chi connectivity index (χ4n) is 2.32. The lowest BCUT2D eigenvalue weighted by molar-refractivity contribution is 0.0965. The van der Waals surface area contributed by atoms with Crippen molar-refractivity contribution in [3.05, 3.63) is 29.8 Å². The van der Waals surface area contributed by atoms with Gasteiger partial charge >= 0.3 is 0 Å². The summed E-state index contributed by atoms with van der Waals surface area (Å²) < 4.78 is 5.96. The van der Waals surface area contributed by atoms with Gasteiger partial charge in [0.05, 0.1) is 6.04 Å². The van der Waals surface area contributed by atoms with E-state index in [1.165, 1.54) is 5.56 Å². The molecule has 2 heteroatoms. The third-order valence-corrected chi connectivity index (χ3v) is 3.14. The van der Waals surface area contributed by atoms with E-state index in [4.69, 9.17) is 11.2 Å². The van der Waals surface area contributed by atoms with E-state index in [1.54, 1.807) is 0 Å². The van der Waals surface area contributed by atoms with Gasteiger partial charge in [0.1, 0.15) is 11.4 Å². The minimum absolute atomic E-state index is 0.195. The molecular weight excluding hydrogens is 210 g/mol. The maximum Gasteiger partial charge on any atom is 0.125 e. The molecule has 0 spiro atoms. The van der Waals surface area contributed by atoms with Gasteiger partial charge < -0.3 is 10.1 Å². The minimum atomic E-state index is -0.195. The average Bonchev–Trinajstić information content (AvgIpc) is 2.55. The number of unbranched alkanes of at least 4 members (excludes halogenated alkanes) is 1. The number of nitrogens with one attached hydrogen (secondary N) is 1. The maximum absolute atomic E-state index is 5.96. The van der Waals surface area contributed by atoms with E-state index in [-0.39, 0.29) is 11.6 Å². The first-order valence-corrected chi connectivity index (χ1v) is 6.10. The molecule has 2 rings (SSSR count). The molecule has 0 bridgehead atoms. The minimum Gasteiger partial charge on any atom is -0.486 e. The van der Waals surface area contributed by atoms with Gasteiger partial charge in [0.15, 0.2) is 0 Å². The zero-order chi connectivity index (χ0) is 12.3. The summed E-state index contributed by atoms with van der Waals surface area (Å²) in [6.07, 6.45) is 7.08. The fraction of sp³-hybridized carbons (Fsp3) is 0.467. The van der Waals surface area contributed by atoms with Crippen LogP contribution in [0.15, 0.2) is 24.3 Å². The van der Waals surface area contributed by atoms with Gasteiger partial charge in [0, 0.05) is 12.0 Å². The number of hydrogen-bond acceptors (Lipinski definition) is 2. The predicted molar refractivity (Wildman–Crippen MR) is 70.0 cm³/mol. The molecule has 0 saturated heterocycles. The molecule has 1 aromatic carbocycles. The third-order valence-electron chi connectivity index (χ3n) is 3.14. The van der Waals surface area contributed by atoms with Gasteiger partial charge in [-0.25, -0.2) is 0 Å². The molecule has 1 N–H and O–H groups in total. The van der Waals surface area contributed by atoms with Crippen LogP contribution >= 0.6 is 0 Å². The van der Waals surface area contributed by atoms with E-state index in [9.17, 15) is 0 Å². The van der Waals surface area contributed by atoms with Crippen LogP contribution in [0.5, 0.6) is 5.75 Å². The van der Waals surface area contributed by atoms with Gasteiger partial charge in [0.25, 0.3) is 0 Å². The lowest BCUT2D eigenvalue weighted by atomic mass is 9.94. The van der Waals surface area contributed by atoms with Crippen LogP contribution in [0.2, 0.25) is 0 Å². The second-order valence-electron chi connectivity index (χ2n) is 4.94. The second kappa shape index (κ2) is 4.81. The lowest BCUT2D eigenvalue weighted by Gasteiger charge is -2.27. The van der Waals surface area contributed by atoms with E-state index in [0.29, 0.717) is 0 Å². The van der Waals surface area contributed by atoms with Crippen molar-refractivity contribution in [2.45, 2.75) is 38.3 Å². The van der Waals surface area contributed by atoms with E-state index in [0.717, 1.165) is 25.1 Å². The molecule has 0 amide bonds. The Hall–Kier alpha value is -1.46. The molecule has 0 radical (unpaired) electrons. The maximum atomic E-state index is 5.96. The Balaban J connectivity index is 2.07. The van der Waals surface area contributed by atoms with Gasteiger partial charge in [-0.1, -0.05) is 18.2 Å². The van der Waals surface area contributed by atoms with Gasteiger partial charge in [-0.05, 0) is 32.9 Å². The molecule has 0 saturated carbocycles. The third kappa shape index (κ3) is 2.45. The summed E-state index contributed by atoms with van der Waals surface area (Å²) in [5, 5.41) is 3.54. The number of ether oxygens (including phenoxy) is 1. The van der Waals surface area contributed by atoms with Crippen LogP contribution in [-0.2, 0) is 0 Å². The SMILES string of the molecule is C#CCCCNC1c2ccccc2OC1(C)C. The molecule has 90 valence electrons. The van der Waals surface area contributed by atoms with E-state index in [2.05, 4.69) is 37.2 Å². The molecular formula is C15H19NO. The summed E-state index contributed by atoms with van der Waals surface area (Å²) in [6.45, 7) is 5.16. The quantitative estimate of drug-likeness (QED) is 0.633. The van der Waals surface area contributed by atoms with E-state index < -0.39 is 0 Å².